The summed E-state index contributed by atoms with van der Waals surface area (Å²) < 4.78 is 31.3. The Bertz CT molecular complexity index is 876. The third-order valence-corrected chi connectivity index (χ3v) is 6.04. The molecule has 25 heavy (non-hydrogen) atoms. The molecule has 10 heteroatoms. The molecule has 3 heterocycles. The van der Waals surface area contributed by atoms with E-state index in [1.807, 2.05) is 6.92 Å². The third-order valence-electron chi connectivity index (χ3n) is 4.71. The zero-order chi connectivity index (χ0) is 17.6. The first-order valence-electron chi connectivity index (χ1n) is 8.73. The standard InChI is InChI=1S/C15H23N7O2S/c1-3-22-13(9-12(18-22)10-6-7-10)25(23,24)20-15-17-14(19-21(15)2)11-5-4-8-16-11/h9-11,16H,3-8H2,1-2H3,(H,17,19,20)/t11-/m1/s1. The fourth-order valence-corrected chi connectivity index (χ4v) is 4.40. The fraction of sp³-hybridized carbons (Fsp3) is 0.667. The maximum absolute atomic E-state index is 12.9. The maximum atomic E-state index is 12.9. The van der Waals surface area contributed by atoms with Crippen LogP contribution in [0.5, 0.6) is 0 Å². The van der Waals surface area contributed by atoms with Crippen molar-refractivity contribution in [2.75, 3.05) is 11.3 Å². The molecule has 2 aliphatic rings. The fourth-order valence-electron chi connectivity index (χ4n) is 3.16. The lowest BCUT2D eigenvalue weighted by Crippen LogP contribution is -2.20. The highest BCUT2D eigenvalue weighted by Crippen LogP contribution is 2.40. The Morgan fingerprint density at radius 1 is 1.32 bits per heavy atom. The molecule has 1 aliphatic carbocycles. The van der Waals surface area contributed by atoms with Crippen LogP contribution in [-0.2, 0) is 23.6 Å². The Morgan fingerprint density at radius 2 is 2.12 bits per heavy atom. The Morgan fingerprint density at radius 3 is 2.76 bits per heavy atom. The lowest BCUT2D eigenvalue weighted by atomic mass is 10.2. The molecule has 2 aromatic rings. The zero-order valence-corrected chi connectivity index (χ0v) is 15.3. The van der Waals surface area contributed by atoms with Crippen molar-refractivity contribution in [1.82, 2.24) is 29.9 Å². The highest BCUT2D eigenvalue weighted by molar-refractivity contribution is 7.92. The van der Waals surface area contributed by atoms with Gasteiger partial charge in [-0.1, -0.05) is 0 Å². The lowest BCUT2D eigenvalue weighted by molar-refractivity contribution is 0.555. The van der Waals surface area contributed by atoms with Gasteiger partial charge in [0.2, 0.25) is 5.95 Å². The summed E-state index contributed by atoms with van der Waals surface area (Å²) in [5.41, 5.74) is 0.857. The van der Waals surface area contributed by atoms with E-state index in [-0.39, 0.29) is 17.0 Å². The van der Waals surface area contributed by atoms with E-state index in [4.69, 9.17) is 0 Å². The maximum Gasteiger partial charge on any atom is 0.281 e. The van der Waals surface area contributed by atoms with Gasteiger partial charge in [-0.3, -0.25) is 4.68 Å². The summed E-state index contributed by atoms with van der Waals surface area (Å²) in [4.78, 5) is 4.38. The van der Waals surface area contributed by atoms with E-state index in [1.165, 1.54) is 9.36 Å². The summed E-state index contributed by atoms with van der Waals surface area (Å²) in [7, 11) is -2.08. The molecule has 0 radical (unpaired) electrons. The molecule has 9 nitrogen and oxygen atoms in total. The quantitative estimate of drug-likeness (QED) is 0.795. The zero-order valence-electron chi connectivity index (χ0n) is 14.4. The number of rotatable bonds is 6. The van der Waals surface area contributed by atoms with Crippen LogP contribution >= 0.6 is 0 Å². The van der Waals surface area contributed by atoms with Gasteiger partial charge in [0.05, 0.1) is 11.7 Å². The van der Waals surface area contributed by atoms with Crippen molar-refractivity contribution in [3.63, 3.8) is 0 Å². The van der Waals surface area contributed by atoms with E-state index in [9.17, 15) is 8.42 Å². The molecular weight excluding hydrogens is 342 g/mol. The average molecular weight is 365 g/mol. The molecule has 136 valence electrons. The van der Waals surface area contributed by atoms with Crippen molar-refractivity contribution in [2.45, 2.75) is 56.1 Å². The molecule has 1 atom stereocenters. The first-order valence-corrected chi connectivity index (χ1v) is 10.2. The Hall–Kier alpha value is -1.94. The van der Waals surface area contributed by atoms with Crippen LogP contribution in [0.4, 0.5) is 5.95 Å². The van der Waals surface area contributed by atoms with Gasteiger partial charge in [-0.25, -0.2) is 9.40 Å². The molecule has 1 saturated heterocycles. The van der Waals surface area contributed by atoms with Crippen LogP contribution in [0.15, 0.2) is 11.1 Å². The van der Waals surface area contributed by atoms with Gasteiger partial charge in [-0.15, -0.1) is 0 Å². The minimum Gasteiger partial charge on any atom is -0.307 e. The van der Waals surface area contributed by atoms with E-state index < -0.39 is 10.0 Å². The molecule has 0 spiro atoms. The van der Waals surface area contributed by atoms with Gasteiger partial charge in [0, 0.05) is 25.6 Å². The van der Waals surface area contributed by atoms with Crippen LogP contribution < -0.4 is 10.0 Å². The summed E-state index contributed by atoms with van der Waals surface area (Å²) in [6.07, 6.45) is 4.19. The van der Waals surface area contributed by atoms with Gasteiger partial charge in [-0.05, 0) is 39.2 Å². The normalized spacial score (nSPS) is 21.0. The van der Waals surface area contributed by atoms with Crippen LogP contribution in [0.25, 0.3) is 0 Å². The Labute approximate surface area is 146 Å². The van der Waals surface area contributed by atoms with Crippen molar-refractivity contribution < 1.29 is 8.42 Å². The van der Waals surface area contributed by atoms with Crippen LogP contribution in [0.2, 0.25) is 0 Å². The first kappa shape index (κ1) is 16.5. The summed E-state index contributed by atoms with van der Waals surface area (Å²) in [6, 6.07) is 1.77. The Balaban J connectivity index is 1.61. The molecule has 2 N–H and O–H groups in total. The molecule has 0 aromatic carbocycles. The average Bonchev–Trinajstić information content (AvgIpc) is 3.01. The van der Waals surface area contributed by atoms with Crippen LogP contribution in [-0.4, -0.2) is 39.5 Å². The van der Waals surface area contributed by atoms with Crippen LogP contribution in [0.1, 0.15) is 56.1 Å². The molecule has 1 aliphatic heterocycles. The number of nitrogens with zero attached hydrogens (tertiary/aromatic N) is 5. The molecule has 2 aromatic heterocycles. The molecule has 2 fully saturated rings. The van der Waals surface area contributed by atoms with Crippen molar-refractivity contribution in [2.24, 2.45) is 7.05 Å². The highest BCUT2D eigenvalue weighted by atomic mass is 32.2. The summed E-state index contributed by atoms with van der Waals surface area (Å²) >= 11 is 0. The molecule has 4 rings (SSSR count). The minimum atomic E-state index is -3.77. The third kappa shape index (κ3) is 3.15. The van der Waals surface area contributed by atoms with Gasteiger partial charge in [0.1, 0.15) is 0 Å². The second kappa shape index (κ2) is 6.10. The van der Waals surface area contributed by atoms with E-state index >= 15 is 0 Å². The van der Waals surface area contributed by atoms with Crippen molar-refractivity contribution >= 4 is 16.0 Å². The number of aromatic nitrogens is 5. The largest absolute Gasteiger partial charge is 0.307 e. The van der Waals surface area contributed by atoms with Crippen molar-refractivity contribution in [3.8, 4) is 0 Å². The highest BCUT2D eigenvalue weighted by Gasteiger charge is 2.31. The van der Waals surface area contributed by atoms with E-state index in [2.05, 4.69) is 25.2 Å². The van der Waals surface area contributed by atoms with E-state index in [1.54, 1.807) is 13.1 Å². The molecule has 0 bridgehead atoms. The number of hydrogen-bond donors (Lipinski definition) is 2. The van der Waals surface area contributed by atoms with Gasteiger partial charge in [0.25, 0.3) is 10.0 Å². The van der Waals surface area contributed by atoms with Crippen LogP contribution in [0, 0.1) is 0 Å². The van der Waals surface area contributed by atoms with E-state index in [0.717, 1.165) is 37.9 Å². The minimum absolute atomic E-state index is 0.0899. The number of nitrogens with one attached hydrogen (secondary N) is 2. The molecule has 0 unspecified atom stereocenters. The predicted octanol–water partition coefficient (Wildman–Crippen LogP) is 1.13. The smallest absolute Gasteiger partial charge is 0.281 e. The number of aryl methyl sites for hydroxylation is 2. The van der Waals surface area contributed by atoms with Gasteiger partial charge in [-0.2, -0.15) is 23.6 Å². The Kier molecular flexibility index (Phi) is 4.03. The predicted molar refractivity (Wildman–Crippen MR) is 91.7 cm³/mol. The van der Waals surface area contributed by atoms with Crippen LogP contribution in [0.3, 0.4) is 0 Å². The SMILES string of the molecule is CCn1nc(C2CC2)cc1S(=O)(=O)Nc1nc([C@H]2CCCN2)nn1C. The van der Waals surface area contributed by atoms with Gasteiger partial charge in [0.15, 0.2) is 10.9 Å². The molecule has 0 amide bonds. The summed E-state index contributed by atoms with van der Waals surface area (Å²) in [5.74, 6) is 1.25. The monoisotopic (exact) mass is 365 g/mol. The summed E-state index contributed by atoms with van der Waals surface area (Å²) in [6.45, 7) is 3.32. The van der Waals surface area contributed by atoms with E-state index in [0.29, 0.717) is 18.3 Å². The van der Waals surface area contributed by atoms with Crippen molar-refractivity contribution in [1.29, 1.82) is 0 Å². The summed E-state index contributed by atoms with van der Waals surface area (Å²) in [5, 5.41) is 12.3. The lowest BCUT2D eigenvalue weighted by Gasteiger charge is -2.07. The van der Waals surface area contributed by atoms with Gasteiger partial charge >= 0.3 is 0 Å². The molecule has 1 saturated carbocycles. The second-order valence-corrected chi connectivity index (χ2v) is 8.30. The number of anilines is 1. The number of sulfonamides is 1. The van der Waals surface area contributed by atoms with Gasteiger partial charge < -0.3 is 5.32 Å². The first-order chi connectivity index (χ1) is 12.0. The van der Waals surface area contributed by atoms with Crippen molar-refractivity contribution in [3.05, 3.63) is 17.6 Å². The second-order valence-electron chi connectivity index (χ2n) is 6.67. The topological polar surface area (TPSA) is 107 Å². The molecular formula is C15H23N7O2S. The number of hydrogen-bond acceptors (Lipinski definition) is 6.